The maximum absolute atomic E-state index is 12.4. The molecule has 1 fully saturated rings. The molecule has 0 unspecified atom stereocenters. The Morgan fingerprint density at radius 1 is 1.18 bits per heavy atom. The third-order valence-electron chi connectivity index (χ3n) is 4.64. The SMILES string of the molecule is CN(Cc1ccc(N2CCOCC2)cc1)C(=O)Cn1cc([N+](=O)[O-])ccc1=O. The molecule has 0 aliphatic carbocycles. The van der Waals surface area contributed by atoms with Gasteiger partial charge in [-0.1, -0.05) is 12.1 Å². The van der Waals surface area contributed by atoms with Crippen LogP contribution in [-0.2, 0) is 22.6 Å². The highest BCUT2D eigenvalue weighted by Gasteiger charge is 2.15. The Balaban J connectivity index is 1.62. The summed E-state index contributed by atoms with van der Waals surface area (Å²) in [5.74, 6) is -0.306. The summed E-state index contributed by atoms with van der Waals surface area (Å²) in [4.78, 5) is 38.3. The minimum atomic E-state index is -0.597. The van der Waals surface area contributed by atoms with Crippen molar-refractivity contribution in [3.8, 4) is 0 Å². The summed E-state index contributed by atoms with van der Waals surface area (Å²) in [6.45, 7) is 3.28. The quantitative estimate of drug-likeness (QED) is 0.547. The summed E-state index contributed by atoms with van der Waals surface area (Å²) in [5.41, 5.74) is 1.39. The van der Waals surface area contributed by atoms with E-state index in [-0.39, 0.29) is 18.1 Å². The fourth-order valence-electron chi connectivity index (χ4n) is 3.01. The first-order valence-corrected chi connectivity index (χ1v) is 8.94. The lowest BCUT2D eigenvalue weighted by atomic mass is 10.1. The van der Waals surface area contributed by atoms with E-state index >= 15 is 0 Å². The highest BCUT2D eigenvalue weighted by Crippen LogP contribution is 2.17. The lowest BCUT2D eigenvalue weighted by molar-refractivity contribution is -0.385. The summed E-state index contributed by atoms with van der Waals surface area (Å²) >= 11 is 0. The van der Waals surface area contributed by atoms with Crippen molar-refractivity contribution in [1.29, 1.82) is 0 Å². The molecule has 1 aliphatic heterocycles. The maximum Gasteiger partial charge on any atom is 0.285 e. The number of likely N-dealkylation sites (N-methyl/N-ethyl adjacent to an activating group) is 1. The topological polar surface area (TPSA) is 97.9 Å². The standard InChI is InChI=1S/C19H22N4O5/c1-20(19(25)14-22-13-17(23(26)27)6-7-18(22)24)12-15-2-4-16(5-3-15)21-8-10-28-11-9-21/h2-7,13H,8-12,14H2,1H3. The van der Waals surface area contributed by atoms with Crippen LogP contribution in [-0.4, -0.2) is 53.6 Å². The van der Waals surface area contributed by atoms with E-state index in [0.29, 0.717) is 6.54 Å². The van der Waals surface area contributed by atoms with Gasteiger partial charge < -0.3 is 14.5 Å². The first-order chi connectivity index (χ1) is 13.4. The summed E-state index contributed by atoms with van der Waals surface area (Å²) in [5, 5.41) is 10.9. The second-order valence-electron chi connectivity index (χ2n) is 6.63. The van der Waals surface area contributed by atoms with Crippen molar-refractivity contribution >= 4 is 17.3 Å². The van der Waals surface area contributed by atoms with Crippen molar-refractivity contribution < 1.29 is 14.5 Å². The van der Waals surface area contributed by atoms with E-state index in [0.717, 1.165) is 60.5 Å². The zero-order valence-corrected chi connectivity index (χ0v) is 15.6. The third-order valence-corrected chi connectivity index (χ3v) is 4.64. The molecule has 1 aliphatic rings. The zero-order valence-electron chi connectivity index (χ0n) is 15.6. The maximum atomic E-state index is 12.4. The molecule has 0 N–H and O–H groups in total. The molecule has 0 bridgehead atoms. The summed E-state index contributed by atoms with van der Waals surface area (Å²) < 4.78 is 6.41. The number of morpholine rings is 1. The van der Waals surface area contributed by atoms with Gasteiger partial charge in [-0.3, -0.25) is 24.3 Å². The van der Waals surface area contributed by atoms with Crippen molar-refractivity contribution in [3.05, 3.63) is 68.6 Å². The number of amides is 1. The second-order valence-corrected chi connectivity index (χ2v) is 6.63. The Bertz CT molecular complexity index is 903. The molecule has 2 aromatic rings. The lowest BCUT2D eigenvalue weighted by Gasteiger charge is -2.29. The number of nitro groups is 1. The van der Waals surface area contributed by atoms with Crippen LogP contribution >= 0.6 is 0 Å². The van der Waals surface area contributed by atoms with Crippen LogP contribution in [0.15, 0.2) is 47.4 Å². The van der Waals surface area contributed by atoms with E-state index in [1.165, 1.54) is 4.90 Å². The number of hydrogen-bond acceptors (Lipinski definition) is 6. The van der Waals surface area contributed by atoms with Gasteiger partial charge in [0.1, 0.15) is 6.54 Å². The van der Waals surface area contributed by atoms with Crippen LogP contribution in [0.2, 0.25) is 0 Å². The van der Waals surface area contributed by atoms with Gasteiger partial charge in [-0.05, 0) is 17.7 Å². The number of aromatic nitrogens is 1. The number of carbonyl (C=O) groups excluding carboxylic acids is 1. The molecule has 148 valence electrons. The third kappa shape index (κ3) is 4.74. The number of pyridine rings is 1. The molecule has 9 nitrogen and oxygen atoms in total. The predicted octanol–water partition coefficient (Wildman–Crippen LogP) is 1.25. The van der Waals surface area contributed by atoms with Gasteiger partial charge in [0.15, 0.2) is 0 Å². The van der Waals surface area contributed by atoms with Crippen molar-refractivity contribution in [3.63, 3.8) is 0 Å². The molecule has 0 spiro atoms. The molecule has 1 amide bonds. The first-order valence-electron chi connectivity index (χ1n) is 8.94. The average molecular weight is 386 g/mol. The van der Waals surface area contributed by atoms with E-state index in [1.807, 2.05) is 24.3 Å². The van der Waals surface area contributed by atoms with Crippen molar-refractivity contribution in [2.75, 3.05) is 38.3 Å². The molecule has 2 heterocycles. The van der Waals surface area contributed by atoms with Gasteiger partial charge >= 0.3 is 0 Å². The van der Waals surface area contributed by atoms with Crippen molar-refractivity contribution in [1.82, 2.24) is 9.47 Å². The first kappa shape index (κ1) is 19.6. The molecule has 0 saturated carbocycles. The predicted molar refractivity (Wildman–Crippen MR) is 103 cm³/mol. The van der Waals surface area contributed by atoms with E-state index in [1.54, 1.807) is 7.05 Å². The van der Waals surface area contributed by atoms with Gasteiger partial charge in [-0.2, -0.15) is 0 Å². The monoisotopic (exact) mass is 386 g/mol. The number of anilines is 1. The van der Waals surface area contributed by atoms with Crippen molar-refractivity contribution in [2.45, 2.75) is 13.1 Å². The number of hydrogen-bond donors (Lipinski definition) is 0. The Morgan fingerprint density at radius 3 is 2.50 bits per heavy atom. The molecule has 3 rings (SSSR count). The molecule has 1 aromatic carbocycles. The normalized spacial score (nSPS) is 14.0. The van der Waals surface area contributed by atoms with Gasteiger partial charge in [0.2, 0.25) is 5.91 Å². The van der Waals surface area contributed by atoms with Gasteiger partial charge in [-0.15, -0.1) is 0 Å². The fourth-order valence-corrected chi connectivity index (χ4v) is 3.01. The fraction of sp³-hybridized carbons (Fsp3) is 0.368. The molecular weight excluding hydrogens is 364 g/mol. The highest BCUT2D eigenvalue weighted by molar-refractivity contribution is 5.75. The number of benzene rings is 1. The zero-order chi connectivity index (χ0) is 20.1. The van der Waals surface area contributed by atoms with Gasteiger partial charge in [0.25, 0.3) is 11.2 Å². The van der Waals surface area contributed by atoms with Crippen LogP contribution in [0.4, 0.5) is 11.4 Å². The van der Waals surface area contributed by atoms with E-state index in [2.05, 4.69) is 4.90 Å². The Morgan fingerprint density at radius 2 is 1.86 bits per heavy atom. The number of ether oxygens (including phenoxy) is 1. The summed E-state index contributed by atoms with van der Waals surface area (Å²) in [6.07, 6.45) is 1.09. The molecule has 28 heavy (non-hydrogen) atoms. The van der Waals surface area contributed by atoms with Crippen LogP contribution in [0.3, 0.4) is 0 Å². The molecule has 0 radical (unpaired) electrons. The lowest BCUT2D eigenvalue weighted by Crippen LogP contribution is -2.36. The van der Waals surface area contributed by atoms with Crippen LogP contribution < -0.4 is 10.5 Å². The van der Waals surface area contributed by atoms with Gasteiger partial charge in [0.05, 0.1) is 24.3 Å². The summed E-state index contributed by atoms with van der Waals surface area (Å²) in [7, 11) is 1.64. The minimum Gasteiger partial charge on any atom is -0.378 e. The highest BCUT2D eigenvalue weighted by atomic mass is 16.6. The van der Waals surface area contributed by atoms with Crippen LogP contribution in [0.1, 0.15) is 5.56 Å². The molecule has 0 atom stereocenters. The number of rotatable bonds is 6. The minimum absolute atomic E-state index is 0.228. The average Bonchev–Trinajstić information content (AvgIpc) is 2.70. The molecular formula is C19H22N4O5. The Labute approximate surface area is 161 Å². The van der Waals surface area contributed by atoms with Gasteiger partial charge in [-0.25, -0.2) is 0 Å². The van der Waals surface area contributed by atoms with Crippen LogP contribution in [0.25, 0.3) is 0 Å². The van der Waals surface area contributed by atoms with Crippen LogP contribution in [0.5, 0.6) is 0 Å². The van der Waals surface area contributed by atoms with Crippen LogP contribution in [0, 0.1) is 10.1 Å². The number of nitrogens with zero attached hydrogens (tertiary/aromatic N) is 4. The van der Waals surface area contributed by atoms with E-state index in [9.17, 15) is 19.7 Å². The molecule has 9 heteroatoms. The van der Waals surface area contributed by atoms with Gasteiger partial charge in [0, 0.05) is 44.5 Å². The van der Waals surface area contributed by atoms with E-state index in [4.69, 9.17) is 4.74 Å². The van der Waals surface area contributed by atoms with E-state index < -0.39 is 10.5 Å². The largest absolute Gasteiger partial charge is 0.378 e. The molecule has 1 saturated heterocycles. The number of carbonyl (C=O) groups is 1. The molecule has 1 aromatic heterocycles. The summed E-state index contributed by atoms with van der Waals surface area (Å²) in [6, 6.07) is 10.2. The smallest absolute Gasteiger partial charge is 0.285 e. The van der Waals surface area contributed by atoms with Crippen molar-refractivity contribution in [2.24, 2.45) is 0 Å². The Kier molecular flexibility index (Phi) is 6.05. The second kappa shape index (κ2) is 8.66. The Hall–Kier alpha value is -3.20.